The minimum atomic E-state index is 0. The van der Waals surface area contributed by atoms with Crippen molar-refractivity contribution < 1.29 is 9.59 Å². The molecule has 3 rings (SSSR count). The molecular formula is C20H33IN8O2. The third-order valence-corrected chi connectivity index (χ3v) is 5.27. The number of hydrogen-bond donors (Lipinski definition) is 2. The molecule has 31 heavy (non-hydrogen) atoms. The van der Waals surface area contributed by atoms with E-state index in [1.807, 2.05) is 16.7 Å². The van der Waals surface area contributed by atoms with Crippen LogP contribution in [0.25, 0.3) is 0 Å². The summed E-state index contributed by atoms with van der Waals surface area (Å²) in [6, 6.07) is 1.80. The largest absolute Gasteiger partial charge is 0.357 e. The van der Waals surface area contributed by atoms with Gasteiger partial charge in [-0.1, -0.05) is 0 Å². The van der Waals surface area contributed by atoms with Crippen molar-refractivity contribution in [3.05, 3.63) is 18.5 Å². The van der Waals surface area contributed by atoms with Crippen LogP contribution in [0.3, 0.4) is 0 Å². The molecule has 2 aliphatic heterocycles. The summed E-state index contributed by atoms with van der Waals surface area (Å²) in [5, 5.41) is 6.29. The molecule has 0 aliphatic carbocycles. The summed E-state index contributed by atoms with van der Waals surface area (Å²) in [5.41, 5.74) is 0. The van der Waals surface area contributed by atoms with Crippen molar-refractivity contribution in [3.63, 3.8) is 0 Å². The number of piperazine rings is 1. The smallest absolute Gasteiger partial charge is 0.244 e. The highest BCUT2D eigenvalue weighted by molar-refractivity contribution is 14.0. The standard InChI is InChI=1S/C20H32N8O2.HI/c1-2-21-19(25-16-18(30)26-10-3-4-11-26)22-9-6-17(29)27-12-14-28(15-13-27)20-23-7-5-8-24-20;/h5,7-8H,2-4,6,9-16H2,1H3,(H2,21,22,25);1H. The lowest BCUT2D eigenvalue weighted by Crippen LogP contribution is -2.50. The van der Waals surface area contributed by atoms with Gasteiger partial charge in [0, 0.05) is 71.2 Å². The molecule has 0 unspecified atom stereocenters. The highest BCUT2D eigenvalue weighted by Gasteiger charge is 2.22. The van der Waals surface area contributed by atoms with Crippen molar-refractivity contribution in [2.75, 3.05) is 63.8 Å². The van der Waals surface area contributed by atoms with Crippen LogP contribution >= 0.6 is 24.0 Å². The molecule has 2 aliphatic rings. The second kappa shape index (κ2) is 13.3. The molecule has 10 nitrogen and oxygen atoms in total. The Morgan fingerprint density at radius 1 is 0.968 bits per heavy atom. The number of anilines is 1. The van der Waals surface area contributed by atoms with Gasteiger partial charge in [0.1, 0.15) is 6.54 Å². The molecule has 2 N–H and O–H groups in total. The van der Waals surface area contributed by atoms with E-state index in [4.69, 9.17) is 0 Å². The van der Waals surface area contributed by atoms with Gasteiger partial charge in [-0.05, 0) is 25.8 Å². The Hall–Kier alpha value is -2.18. The topological polar surface area (TPSA) is 106 Å². The molecule has 172 valence electrons. The molecule has 3 heterocycles. The fourth-order valence-electron chi connectivity index (χ4n) is 3.61. The van der Waals surface area contributed by atoms with Gasteiger partial charge in [-0.2, -0.15) is 0 Å². The van der Waals surface area contributed by atoms with Crippen molar-refractivity contribution in [2.24, 2.45) is 4.99 Å². The number of aliphatic imine (C=N–C) groups is 1. The van der Waals surface area contributed by atoms with Gasteiger partial charge in [0.15, 0.2) is 5.96 Å². The normalized spacial score (nSPS) is 16.7. The first-order valence-electron chi connectivity index (χ1n) is 10.8. The molecule has 0 spiro atoms. The van der Waals surface area contributed by atoms with Gasteiger partial charge in [0.05, 0.1) is 0 Å². The number of hydrogen-bond acceptors (Lipinski definition) is 6. The Morgan fingerprint density at radius 3 is 2.26 bits per heavy atom. The van der Waals surface area contributed by atoms with Gasteiger partial charge in [0.25, 0.3) is 0 Å². The molecule has 0 saturated carbocycles. The number of nitrogens with zero attached hydrogens (tertiary/aromatic N) is 6. The fourth-order valence-corrected chi connectivity index (χ4v) is 3.61. The van der Waals surface area contributed by atoms with E-state index in [9.17, 15) is 9.59 Å². The van der Waals surface area contributed by atoms with E-state index in [0.717, 1.165) is 39.0 Å². The molecule has 1 aromatic rings. The quantitative estimate of drug-likeness (QED) is 0.289. The number of rotatable bonds is 7. The Labute approximate surface area is 200 Å². The zero-order valence-electron chi connectivity index (χ0n) is 18.1. The number of nitrogens with one attached hydrogen (secondary N) is 2. The first-order valence-corrected chi connectivity index (χ1v) is 10.8. The average molecular weight is 544 g/mol. The SMILES string of the molecule is CCNC(=NCC(=O)N1CCCC1)NCCC(=O)N1CCN(c2ncccn2)CC1.I. The average Bonchev–Trinajstić information content (AvgIpc) is 3.33. The Morgan fingerprint density at radius 2 is 1.61 bits per heavy atom. The molecule has 1 aromatic heterocycles. The lowest BCUT2D eigenvalue weighted by atomic mass is 10.3. The van der Waals surface area contributed by atoms with Crippen molar-refractivity contribution in [1.29, 1.82) is 0 Å². The molecule has 0 bridgehead atoms. The van der Waals surface area contributed by atoms with E-state index in [1.165, 1.54) is 0 Å². The second-order valence-corrected chi connectivity index (χ2v) is 7.38. The van der Waals surface area contributed by atoms with E-state index in [1.54, 1.807) is 18.5 Å². The van der Waals surface area contributed by atoms with Crippen LogP contribution < -0.4 is 15.5 Å². The Kier molecular flexibility index (Phi) is 10.7. The number of aromatic nitrogens is 2. The summed E-state index contributed by atoms with van der Waals surface area (Å²) >= 11 is 0. The first kappa shape index (κ1) is 25.1. The monoisotopic (exact) mass is 544 g/mol. The minimum absolute atomic E-state index is 0. The molecule has 0 radical (unpaired) electrons. The van der Waals surface area contributed by atoms with Crippen LogP contribution in [0.5, 0.6) is 0 Å². The maximum atomic E-state index is 12.5. The lowest BCUT2D eigenvalue weighted by molar-refractivity contribution is -0.131. The van der Waals surface area contributed by atoms with Crippen LogP contribution in [0, 0.1) is 0 Å². The summed E-state index contributed by atoms with van der Waals surface area (Å²) < 4.78 is 0. The Balaban J connectivity index is 0.00000341. The number of carbonyl (C=O) groups excluding carboxylic acids is 2. The highest BCUT2D eigenvalue weighted by atomic mass is 127. The lowest BCUT2D eigenvalue weighted by Gasteiger charge is -2.34. The van der Waals surface area contributed by atoms with Crippen molar-refractivity contribution in [2.45, 2.75) is 26.2 Å². The molecule has 0 atom stereocenters. The minimum Gasteiger partial charge on any atom is -0.357 e. The van der Waals surface area contributed by atoms with E-state index < -0.39 is 0 Å². The van der Waals surface area contributed by atoms with Crippen LogP contribution in [0.4, 0.5) is 5.95 Å². The number of guanidine groups is 1. The summed E-state index contributed by atoms with van der Waals surface area (Å²) in [4.78, 5) is 43.4. The van der Waals surface area contributed by atoms with Gasteiger partial charge in [-0.25, -0.2) is 15.0 Å². The third-order valence-electron chi connectivity index (χ3n) is 5.27. The second-order valence-electron chi connectivity index (χ2n) is 7.38. The molecular weight excluding hydrogens is 511 g/mol. The van der Waals surface area contributed by atoms with Crippen LogP contribution in [0.15, 0.2) is 23.5 Å². The summed E-state index contributed by atoms with van der Waals surface area (Å²) in [7, 11) is 0. The summed E-state index contributed by atoms with van der Waals surface area (Å²) in [6.45, 7) is 7.72. The van der Waals surface area contributed by atoms with Gasteiger partial charge in [-0.15, -0.1) is 24.0 Å². The van der Waals surface area contributed by atoms with Crippen LogP contribution in [-0.2, 0) is 9.59 Å². The number of halogens is 1. The molecule has 0 aromatic carbocycles. The number of carbonyl (C=O) groups is 2. The molecule has 2 amide bonds. The summed E-state index contributed by atoms with van der Waals surface area (Å²) in [6.07, 6.45) is 5.98. The number of amides is 2. The maximum Gasteiger partial charge on any atom is 0.244 e. The van der Waals surface area contributed by atoms with Crippen molar-refractivity contribution in [1.82, 2.24) is 30.4 Å². The predicted molar refractivity (Wildman–Crippen MR) is 131 cm³/mol. The van der Waals surface area contributed by atoms with Gasteiger partial charge >= 0.3 is 0 Å². The summed E-state index contributed by atoms with van der Waals surface area (Å²) in [5.74, 6) is 1.45. The fraction of sp³-hybridized carbons (Fsp3) is 0.650. The van der Waals surface area contributed by atoms with Crippen LogP contribution in [0.2, 0.25) is 0 Å². The van der Waals surface area contributed by atoms with E-state index in [0.29, 0.717) is 44.5 Å². The number of likely N-dealkylation sites (tertiary alicyclic amines) is 1. The zero-order valence-corrected chi connectivity index (χ0v) is 20.5. The highest BCUT2D eigenvalue weighted by Crippen LogP contribution is 2.10. The van der Waals surface area contributed by atoms with Crippen molar-refractivity contribution >= 4 is 47.7 Å². The van der Waals surface area contributed by atoms with Crippen LogP contribution in [-0.4, -0.2) is 96.4 Å². The molecule has 11 heteroatoms. The van der Waals surface area contributed by atoms with E-state index in [-0.39, 0.29) is 42.3 Å². The van der Waals surface area contributed by atoms with Gasteiger partial charge in [-0.3, -0.25) is 9.59 Å². The van der Waals surface area contributed by atoms with Crippen LogP contribution in [0.1, 0.15) is 26.2 Å². The first-order chi connectivity index (χ1) is 14.7. The molecule has 2 saturated heterocycles. The molecule has 2 fully saturated rings. The van der Waals surface area contributed by atoms with Crippen molar-refractivity contribution in [3.8, 4) is 0 Å². The Bertz CT molecular complexity index is 719. The predicted octanol–water partition coefficient (Wildman–Crippen LogP) is 0.311. The van der Waals surface area contributed by atoms with E-state index in [2.05, 4.69) is 30.5 Å². The van der Waals surface area contributed by atoms with E-state index >= 15 is 0 Å². The zero-order chi connectivity index (χ0) is 21.2. The van der Waals surface area contributed by atoms with Gasteiger partial charge < -0.3 is 25.3 Å². The maximum absolute atomic E-state index is 12.5. The third kappa shape index (κ3) is 7.78. The van der Waals surface area contributed by atoms with Gasteiger partial charge in [0.2, 0.25) is 17.8 Å².